The summed E-state index contributed by atoms with van der Waals surface area (Å²) in [5.74, 6) is -0.888. The lowest BCUT2D eigenvalue weighted by molar-refractivity contribution is -0.137. The van der Waals surface area contributed by atoms with E-state index >= 15 is 0 Å². The number of furan rings is 1. The number of anilines is 1. The molecule has 5 nitrogen and oxygen atoms in total. The highest BCUT2D eigenvalue weighted by Crippen LogP contribution is 2.32. The molecule has 0 unspecified atom stereocenters. The summed E-state index contributed by atoms with van der Waals surface area (Å²) in [5.41, 5.74) is 2.01. The summed E-state index contributed by atoms with van der Waals surface area (Å²) in [6.07, 6.45) is -4.48. The number of rotatable bonds is 5. The smallest absolute Gasteiger partial charge is 0.416 e. The molecule has 31 heavy (non-hydrogen) atoms. The monoisotopic (exact) mass is 430 g/mol. The lowest BCUT2D eigenvalue weighted by Gasteiger charge is -2.16. The molecule has 3 aromatic rings. The van der Waals surface area contributed by atoms with Gasteiger partial charge in [-0.1, -0.05) is 24.3 Å². The first-order valence-electron chi connectivity index (χ1n) is 9.45. The highest BCUT2D eigenvalue weighted by molar-refractivity contribution is 5.98. The van der Waals surface area contributed by atoms with E-state index in [-0.39, 0.29) is 29.5 Å². The number of aryl methyl sites for hydroxylation is 1. The van der Waals surface area contributed by atoms with Gasteiger partial charge in [-0.3, -0.25) is 9.59 Å². The minimum absolute atomic E-state index is 0.0746. The molecule has 8 heteroatoms. The number of amides is 2. The van der Waals surface area contributed by atoms with Crippen molar-refractivity contribution in [2.45, 2.75) is 20.0 Å². The molecular formula is C23H21F3N2O3. The molecule has 0 radical (unpaired) electrons. The fourth-order valence-electron chi connectivity index (χ4n) is 3.01. The quantitative estimate of drug-likeness (QED) is 0.598. The Hall–Kier alpha value is -3.55. The largest absolute Gasteiger partial charge is 0.451 e. The van der Waals surface area contributed by atoms with Crippen molar-refractivity contribution >= 4 is 17.5 Å². The average molecular weight is 430 g/mol. The van der Waals surface area contributed by atoms with Crippen LogP contribution in [-0.2, 0) is 11.0 Å². The molecule has 0 saturated carbocycles. The van der Waals surface area contributed by atoms with Crippen LogP contribution >= 0.6 is 0 Å². The maximum atomic E-state index is 12.9. The summed E-state index contributed by atoms with van der Waals surface area (Å²) in [6, 6.07) is 13.0. The second-order valence-electron chi connectivity index (χ2n) is 7.20. The number of nitrogens with one attached hydrogen (secondary N) is 1. The van der Waals surface area contributed by atoms with Crippen LogP contribution in [0.2, 0.25) is 0 Å². The van der Waals surface area contributed by atoms with Crippen LogP contribution in [0.15, 0.2) is 59.0 Å². The van der Waals surface area contributed by atoms with Gasteiger partial charge >= 0.3 is 6.18 Å². The summed E-state index contributed by atoms with van der Waals surface area (Å²) in [7, 11) is 1.44. The topological polar surface area (TPSA) is 62.6 Å². The Labute approximate surface area is 177 Å². The van der Waals surface area contributed by atoms with Gasteiger partial charge in [0.1, 0.15) is 5.76 Å². The van der Waals surface area contributed by atoms with Crippen molar-refractivity contribution in [3.05, 3.63) is 77.0 Å². The second kappa shape index (κ2) is 8.67. The van der Waals surface area contributed by atoms with Crippen LogP contribution in [0, 0.1) is 13.8 Å². The third-order valence-corrected chi connectivity index (χ3v) is 4.90. The Bertz CT molecular complexity index is 1120. The van der Waals surface area contributed by atoms with Crippen LogP contribution in [-0.4, -0.2) is 30.3 Å². The van der Waals surface area contributed by atoms with Crippen molar-refractivity contribution in [3.63, 3.8) is 0 Å². The van der Waals surface area contributed by atoms with Gasteiger partial charge < -0.3 is 14.6 Å². The molecule has 1 N–H and O–H groups in total. The van der Waals surface area contributed by atoms with Gasteiger partial charge in [0.15, 0.2) is 5.76 Å². The van der Waals surface area contributed by atoms with E-state index in [1.807, 2.05) is 26.0 Å². The van der Waals surface area contributed by atoms with E-state index in [0.717, 1.165) is 23.3 Å². The number of benzene rings is 2. The van der Waals surface area contributed by atoms with Crippen molar-refractivity contribution in [1.29, 1.82) is 0 Å². The summed E-state index contributed by atoms with van der Waals surface area (Å²) in [6.45, 7) is 3.60. The number of carbonyl (C=O) groups excluding carboxylic acids is 2. The molecule has 0 bridgehead atoms. The summed E-state index contributed by atoms with van der Waals surface area (Å²) >= 11 is 0. The minimum Gasteiger partial charge on any atom is -0.451 e. The zero-order chi connectivity index (χ0) is 22.8. The first-order valence-corrected chi connectivity index (χ1v) is 9.45. The van der Waals surface area contributed by atoms with Crippen LogP contribution in [0.3, 0.4) is 0 Å². The molecule has 3 rings (SSSR count). The zero-order valence-corrected chi connectivity index (χ0v) is 17.2. The highest BCUT2D eigenvalue weighted by atomic mass is 19.4. The zero-order valence-electron chi connectivity index (χ0n) is 17.2. The van der Waals surface area contributed by atoms with Crippen molar-refractivity contribution < 1.29 is 27.2 Å². The molecular weight excluding hydrogens is 409 g/mol. The van der Waals surface area contributed by atoms with Gasteiger partial charge in [-0.05, 0) is 55.3 Å². The maximum Gasteiger partial charge on any atom is 0.416 e. The summed E-state index contributed by atoms with van der Waals surface area (Å²) in [5, 5.41) is 2.77. The van der Waals surface area contributed by atoms with Gasteiger partial charge in [0.05, 0.1) is 12.1 Å². The first-order chi connectivity index (χ1) is 14.6. The minimum atomic E-state index is -4.48. The standard InChI is InChI=1S/C23H21F3N2O3/c1-14-6-4-9-18(15(14)2)27-21(29)13-28(3)22(30)20-11-10-19(31-20)16-7-5-8-17(12-16)23(24,25)26/h4-12H,13H2,1-3H3,(H,27,29). The fourth-order valence-corrected chi connectivity index (χ4v) is 3.01. The molecule has 0 aliphatic rings. The van der Waals surface area contributed by atoms with E-state index < -0.39 is 17.6 Å². The molecule has 0 fully saturated rings. The third kappa shape index (κ3) is 5.14. The number of carbonyl (C=O) groups is 2. The third-order valence-electron chi connectivity index (χ3n) is 4.90. The molecule has 1 aromatic heterocycles. The Kier molecular flexibility index (Phi) is 6.19. The van der Waals surface area contributed by atoms with E-state index in [0.29, 0.717) is 5.69 Å². The molecule has 0 saturated heterocycles. The molecule has 0 atom stereocenters. The fraction of sp³-hybridized carbons (Fsp3) is 0.217. The average Bonchev–Trinajstić information content (AvgIpc) is 3.20. The summed E-state index contributed by atoms with van der Waals surface area (Å²) < 4.78 is 44.2. The molecule has 0 aliphatic heterocycles. The van der Waals surface area contributed by atoms with Crippen molar-refractivity contribution in [3.8, 4) is 11.3 Å². The normalized spacial score (nSPS) is 11.3. The molecule has 0 spiro atoms. The van der Waals surface area contributed by atoms with Crippen molar-refractivity contribution in [2.75, 3.05) is 18.9 Å². The van der Waals surface area contributed by atoms with E-state index in [1.165, 1.54) is 36.2 Å². The van der Waals surface area contributed by atoms with Crippen LogP contribution < -0.4 is 5.32 Å². The number of hydrogen-bond acceptors (Lipinski definition) is 3. The predicted octanol–water partition coefficient (Wildman–Crippen LogP) is 5.29. The number of hydrogen-bond donors (Lipinski definition) is 1. The first kappa shape index (κ1) is 22.1. The molecule has 162 valence electrons. The lowest BCUT2D eigenvalue weighted by atomic mass is 10.1. The van der Waals surface area contributed by atoms with Gasteiger partial charge in [0.2, 0.25) is 5.91 Å². The van der Waals surface area contributed by atoms with E-state index in [1.54, 1.807) is 6.07 Å². The highest BCUT2D eigenvalue weighted by Gasteiger charge is 2.30. The lowest BCUT2D eigenvalue weighted by Crippen LogP contribution is -2.34. The Morgan fingerprint density at radius 2 is 1.74 bits per heavy atom. The Morgan fingerprint density at radius 1 is 1.03 bits per heavy atom. The summed E-state index contributed by atoms with van der Waals surface area (Å²) in [4.78, 5) is 26.1. The van der Waals surface area contributed by atoms with Gasteiger partial charge in [0, 0.05) is 18.3 Å². The van der Waals surface area contributed by atoms with Gasteiger partial charge in [-0.2, -0.15) is 13.2 Å². The second-order valence-corrected chi connectivity index (χ2v) is 7.20. The Morgan fingerprint density at radius 3 is 2.45 bits per heavy atom. The van der Waals surface area contributed by atoms with Crippen LogP contribution in [0.5, 0.6) is 0 Å². The predicted molar refractivity (Wildman–Crippen MR) is 111 cm³/mol. The van der Waals surface area contributed by atoms with Crippen molar-refractivity contribution in [1.82, 2.24) is 4.90 Å². The van der Waals surface area contributed by atoms with Gasteiger partial charge in [0.25, 0.3) is 5.91 Å². The van der Waals surface area contributed by atoms with E-state index in [4.69, 9.17) is 4.42 Å². The number of alkyl halides is 3. The molecule has 2 aromatic carbocycles. The molecule has 2 amide bonds. The van der Waals surface area contributed by atoms with Gasteiger partial charge in [-0.25, -0.2) is 0 Å². The molecule has 0 aliphatic carbocycles. The SMILES string of the molecule is Cc1cccc(NC(=O)CN(C)C(=O)c2ccc(-c3cccc(C(F)(F)F)c3)o2)c1C. The molecule has 1 heterocycles. The Balaban J connectivity index is 1.69. The van der Waals surface area contributed by atoms with Crippen molar-refractivity contribution in [2.24, 2.45) is 0 Å². The van der Waals surface area contributed by atoms with Gasteiger partial charge in [-0.15, -0.1) is 0 Å². The van der Waals surface area contributed by atoms with E-state index in [2.05, 4.69) is 5.32 Å². The number of halogens is 3. The van der Waals surface area contributed by atoms with Crippen LogP contribution in [0.4, 0.5) is 18.9 Å². The van der Waals surface area contributed by atoms with E-state index in [9.17, 15) is 22.8 Å². The van der Waals surface area contributed by atoms with Crippen LogP contribution in [0.1, 0.15) is 27.2 Å². The number of likely N-dealkylation sites (N-methyl/N-ethyl adjacent to an activating group) is 1. The number of nitrogens with zero attached hydrogens (tertiary/aromatic N) is 1. The maximum absolute atomic E-state index is 12.9. The van der Waals surface area contributed by atoms with Crippen LogP contribution in [0.25, 0.3) is 11.3 Å².